The molecule has 0 N–H and O–H groups in total. The van der Waals surface area contributed by atoms with E-state index in [9.17, 15) is 4.79 Å². The minimum Gasteiger partial charge on any atom is -0.465 e. The van der Waals surface area contributed by atoms with Crippen molar-refractivity contribution < 1.29 is 9.53 Å². The van der Waals surface area contributed by atoms with Gasteiger partial charge in [0.1, 0.15) is 5.82 Å². The van der Waals surface area contributed by atoms with Gasteiger partial charge in [-0.1, -0.05) is 36.4 Å². The second kappa shape index (κ2) is 7.50. The van der Waals surface area contributed by atoms with Gasteiger partial charge in [0.25, 0.3) is 0 Å². The number of carbonyl (C=O) groups excluding carboxylic acids is 1. The van der Waals surface area contributed by atoms with Crippen molar-refractivity contribution in [3.05, 3.63) is 65.9 Å². The van der Waals surface area contributed by atoms with E-state index in [-0.39, 0.29) is 5.97 Å². The number of hydrogen-bond donors (Lipinski definition) is 0. The van der Waals surface area contributed by atoms with E-state index in [0.717, 1.165) is 36.2 Å². The van der Waals surface area contributed by atoms with Crippen LogP contribution in [-0.2, 0) is 4.74 Å². The molecule has 28 heavy (non-hydrogen) atoms. The number of esters is 1. The largest absolute Gasteiger partial charge is 0.465 e. The second-order valence-electron chi connectivity index (χ2n) is 7.36. The maximum Gasteiger partial charge on any atom is 0.340 e. The number of aryl methyl sites for hydroxylation is 1. The van der Waals surface area contributed by atoms with Crippen molar-refractivity contribution in [2.45, 2.75) is 19.9 Å². The van der Waals surface area contributed by atoms with E-state index in [1.807, 2.05) is 24.3 Å². The van der Waals surface area contributed by atoms with Gasteiger partial charge in [0.05, 0.1) is 12.7 Å². The summed E-state index contributed by atoms with van der Waals surface area (Å²) in [5.41, 5.74) is 3.05. The zero-order valence-corrected chi connectivity index (χ0v) is 16.6. The number of fused-ring (bicyclic) bond motifs is 1. The summed E-state index contributed by atoms with van der Waals surface area (Å²) in [5, 5.41) is 1.87. The highest BCUT2D eigenvalue weighted by Crippen LogP contribution is 2.30. The summed E-state index contributed by atoms with van der Waals surface area (Å²) < 4.78 is 4.92. The molecule has 0 radical (unpaired) electrons. The lowest BCUT2D eigenvalue weighted by molar-refractivity contribution is 0.0602. The number of carbonyl (C=O) groups is 1. The summed E-state index contributed by atoms with van der Waals surface area (Å²) in [6.45, 7) is 7.07. The number of benzene rings is 2. The van der Waals surface area contributed by atoms with Gasteiger partial charge in [-0.15, -0.1) is 0 Å². The van der Waals surface area contributed by atoms with E-state index in [4.69, 9.17) is 4.74 Å². The monoisotopic (exact) mass is 375 g/mol. The predicted molar refractivity (Wildman–Crippen MR) is 113 cm³/mol. The van der Waals surface area contributed by atoms with Crippen LogP contribution >= 0.6 is 0 Å². The van der Waals surface area contributed by atoms with Crippen molar-refractivity contribution in [2.75, 3.05) is 36.5 Å². The van der Waals surface area contributed by atoms with E-state index in [1.54, 1.807) is 6.20 Å². The molecule has 2 heterocycles. The van der Waals surface area contributed by atoms with Crippen LogP contribution in [0.5, 0.6) is 0 Å². The number of pyridine rings is 1. The van der Waals surface area contributed by atoms with Crippen LogP contribution in [0.2, 0.25) is 0 Å². The smallest absolute Gasteiger partial charge is 0.340 e. The Morgan fingerprint density at radius 3 is 2.61 bits per heavy atom. The van der Waals surface area contributed by atoms with Gasteiger partial charge in [-0.3, -0.25) is 0 Å². The number of aromatic nitrogens is 1. The van der Waals surface area contributed by atoms with Gasteiger partial charge < -0.3 is 14.5 Å². The lowest BCUT2D eigenvalue weighted by Crippen LogP contribution is -2.52. The fourth-order valence-corrected chi connectivity index (χ4v) is 4.04. The minimum absolute atomic E-state index is 0.354. The molecule has 1 aromatic heterocycles. The number of anilines is 2. The van der Waals surface area contributed by atoms with Crippen LogP contribution in [0.3, 0.4) is 0 Å². The third-order valence-corrected chi connectivity index (χ3v) is 5.44. The highest BCUT2D eigenvalue weighted by Gasteiger charge is 2.26. The summed E-state index contributed by atoms with van der Waals surface area (Å²) in [7, 11) is 1.40. The molecule has 1 saturated heterocycles. The van der Waals surface area contributed by atoms with Gasteiger partial charge in [-0.05, 0) is 31.5 Å². The first-order chi connectivity index (χ1) is 13.6. The fraction of sp³-hybridized carbons (Fsp3) is 0.304. The lowest BCUT2D eigenvalue weighted by Gasteiger charge is -2.42. The summed E-state index contributed by atoms with van der Waals surface area (Å²) in [4.78, 5) is 21.5. The Kier molecular flexibility index (Phi) is 4.90. The maximum absolute atomic E-state index is 12.1. The third-order valence-electron chi connectivity index (χ3n) is 5.44. The zero-order chi connectivity index (χ0) is 19.7. The molecule has 3 aromatic rings. The van der Waals surface area contributed by atoms with Gasteiger partial charge in [0.15, 0.2) is 0 Å². The molecule has 0 saturated carbocycles. The molecular formula is C23H25N3O2. The Morgan fingerprint density at radius 1 is 1.11 bits per heavy atom. The summed E-state index contributed by atoms with van der Waals surface area (Å²) in [5.74, 6) is 0.576. The molecule has 144 valence electrons. The predicted octanol–water partition coefficient (Wildman–Crippen LogP) is 4.04. The zero-order valence-electron chi connectivity index (χ0n) is 16.6. The average molecular weight is 375 g/mol. The number of nitrogens with zero attached hydrogens (tertiary/aromatic N) is 3. The summed E-state index contributed by atoms with van der Waals surface area (Å²) >= 11 is 0. The summed E-state index contributed by atoms with van der Waals surface area (Å²) in [6.07, 6.45) is 1.64. The number of hydrogen-bond acceptors (Lipinski definition) is 5. The van der Waals surface area contributed by atoms with E-state index in [2.05, 4.69) is 52.9 Å². The van der Waals surface area contributed by atoms with Gasteiger partial charge in [-0.25, -0.2) is 9.78 Å². The molecule has 5 heteroatoms. The SMILES string of the molecule is COC(=O)c1cnc(N2CCN(c3cccc(C)c3)[C@@H](C)C2)c2ccccc12. The van der Waals surface area contributed by atoms with E-state index in [1.165, 1.54) is 18.4 Å². The third kappa shape index (κ3) is 3.28. The van der Waals surface area contributed by atoms with Crippen molar-refractivity contribution in [1.29, 1.82) is 0 Å². The van der Waals surface area contributed by atoms with Crippen LogP contribution in [0.4, 0.5) is 11.5 Å². The molecule has 0 spiro atoms. The molecule has 0 unspecified atom stereocenters. The van der Waals surface area contributed by atoms with Crippen molar-refractivity contribution in [2.24, 2.45) is 0 Å². The first-order valence-electron chi connectivity index (χ1n) is 9.63. The maximum atomic E-state index is 12.1. The van der Waals surface area contributed by atoms with E-state index < -0.39 is 0 Å². The Balaban J connectivity index is 1.64. The molecule has 0 amide bonds. The van der Waals surface area contributed by atoms with Gasteiger partial charge >= 0.3 is 5.97 Å². The highest BCUT2D eigenvalue weighted by molar-refractivity contribution is 6.07. The van der Waals surface area contributed by atoms with Crippen LogP contribution in [0.15, 0.2) is 54.7 Å². The normalized spacial score (nSPS) is 17.0. The van der Waals surface area contributed by atoms with E-state index in [0.29, 0.717) is 11.6 Å². The average Bonchev–Trinajstić information content (AvgIpc) is 2.72. The van der Waals surface area contributed by atoms with Crippen LogP contribution in [0.25, 0.3) is 10.8 Å². The molecule has 0 aliphatic carbocycles. The second-order valence-corrected chi connectivity index (χ2v) is 7.36. The van der Waals surface area contributed by atoms with Gasteiger partial charge in [0.2, 0.25) is 0 Å². The molecule has 0 bridgehead atoms. The Morgan fingerprint density at radius 2 is 1.89 bits per heavy atom. The van der Waals surface area contributed by atoms with Crippen molar-refractivity contribution in [3.8, 4) is 0 Å². The molecule has 1 atom stereocenters. The molecular weight excluding hydrogens is 350 g/mol. The number of methoxy groups -OCH3 is 1. The molecule has 1 aliphatic rings. The van der Waals surface area contributed by atoms with Crippen LogP contribution in [-0.4, -0.2) is 43.7 Å². The lowest BCUT2D eigenvalue weighted by atomic mass is 10.1. The Hall–Kier alpha value is -3.08. The fourth-order valence-electron chi connectivity index (χ4n) is 4.04. The molecule has 2 aromatic carbocycles. The minimum atomic E-state index is -0.354. The first kappa shape index (κ1) is 18.3. The van der Waals surface area contributed by atoms with Crippen LogP contribution in [0.1, 0.15) is 22.8 Å². The van der Waals surface area contributed by atoms with Gasteiger partial charge in [0, 0.05) is 48.3 Å². The van der Waals surface area contributed by atoms with E-state index >= 15 is 0 Å². The number of rotatable bonds is 3. The molecule has 1 aliphatic heterocycles. The van der Waals surface area contributed by atoms with Gasteiger partial charge in [-0.2, -0.15) is 0 Å². The quantitative estimate of drug-likeness (QED) is 0.647. The molecule has 1 fully saturated rings. The highest BCUT2D eigenvalue weighted by atomic mass is 16.5. The molecule has 5 nitrogen and oxygen atoms in total. The van der Waals surface area contributed by atoms with Crippen LogP contribution < -0.4 is 9.80 Å². The Labute approximate surface area is 165 Å². The van der Waals surface area contributed by atoms with Crippen molar-refractivity contribution in [1.82, 2.24) is 4.98 Å². The number of piperazine rings is 1. The van der Waals surface area contributed by atoms with Crippen molar-refractivity contribution in [3.63, 3.8) is 0 Å². The topological polar surface area (TPSA) is 45.7 Å². The molecule has 4 rings (SSSR count). The van der Waals surface area contributed by atoms with Crippen LogP contribution in [0, 0.1) is 6.92 Å². The summed E-state index contributed by atoms with van der Waals surface area (Å²) in [6, 6.07) is 16.9. The standard InChI is InChI=1S/C23H25N3O2/c1-16-7-6-8-18(13-16)26-12-11-25(15-17(26)2)22-20-10-5-4-9-19(20)21(14-24-22)23(27)28-3/h4-10,13-14,17H,11-12,15H2,1-3H3/t17-/m0/s1. The van der Waals surface area contributed by atoms with Crippen molar-refractivity contribution >= 4 is 28.2 Å². The Bertz CT molecular complexity index is 1020. The first-order valence-corrected chi connectivity index (χ1v) is 9.63. The number of ether oxygens (including phenoxy) is 1.